The number of nitrogens with zero attached hydrogens (tertiary/aromatic N) is 2. The molecule has 2 rings (SSSR count). The van der Waals surface area contributed by atoms with E-state index in [1.165, 1.54) is 6.07 Å². The van der Waals surface area contributed by atoms with Crippen molar-refractivity contribution in [1.82, 2.24) is 9.78 Å². The van der Waals surface area contributed by atoms with Crippen molar-refractivity contribution < 1.29 is 14.3 Å². The summed E-state index contributed by atoms with van der Waals surface area (Å²) in [5.74, 6) is -0.796. The number of amides is 1. The Bertz CT molecular complexity index is 766. The van der Waals surface area contributed by atoms with E-state index >= 15 is 0 Å². The molecule has 1 aromatic heterocycles. The van der Waals surface area contributed by atoms with Crippen LogP contribution in [0.15, 0.2) is 41.2 Å². The zero-order chi connectivity index (χ0) is 16.8. The summed E-state index contributed by atoms with van der Waals surface area (Å²) in [6.45, 7) is 3.59. The molecule has 0 fully saturated rings. The summed E-state index contributed by atoms with van der Waals surface area (Å²) in [7, 11) is 0. The van der Waals surface area contributed by atoms with Gasteiger partial charge in [0.05, 0.1) is 17.9 Å². The number of carbonyl (C=O) groups is 2. The number of hydrogen-bond donors (Lipinski definition) is 1. The molecule has 120 valence electrons. The standard InChI is InChI=1S/C16H17N3O4/c1-3-23-16(22)12-5-7-13(8-6-12)17-14(20)10-19-15(21)9-4-11(2)18-19/h4-9H,3,10H2,1-2H3,(H,17,20). The molecule has 0 bridgehead atoms. The molecule has 1 amide bonds. The summed E-state index contributed by atoms with van der Waals surface area (Å²) in [5.41, 5.74) is 1.23. The van der Waals surface area contributed by atoms with Crippen molar-refractivity contribution in [3.05, 3.63) is 58.0 Å². The molecule has 0 spiro atoms. The number of hydrogen-bond acceptors (Lipinski definition) is 5. The van der Waals surface area contributed by atoms with Gasteiger partial charge in [-0.05, 0) is 44.2 Å². The normalized spacial score (nSPS) is 10.2. The van der Waals surface area contributed by atoms with Crippen LogP contribution in [0.2, 0.25) is 0 Å². The second-order valence-electron chi connectivity index (χ2n) is 4.82. The zero-order valence-electron chi connectivity index (χ0n) is 12.9. The van der Waals surface area contributed by atoms with Crippen LogP contribution >= 0.6 is 0 Å². The highest BCUT2D eigenvalue weighted by Crippen LogP contribution is 2.10. The first-order valence-corrected chi connectivity index (χ1v) is 7.11. The number of anilines is 1. The summed E-state index contributed by atoms with van der Waals surface area (Å²) in [6.07, 6.45) is 0. The van der Waals surface area contributed by atoms with Crippen LogP contribution in [0.25, 0.3) is 0 Å². The maximum Gasteiger partial charge on any atom is 0.338 e. The number of rotatable bonds is 5. The van der Waals surface area contributed by atoms with Crippen LogP contribution in [0.4, 0.5) is 5.69 Å². The van der Waals surface area contributed by atoms with E-state index in [-0.39, 0.29) is 18.0 Å². The highest BCUT2D eigenvalue weighted by molar-refractivity contribution is 5.92. The first-order chi connectivity index (χ1) is 11.0. The fourth-order valence-corrected chi connectivity index (χ4v) is 1.90. The van der Waals surface area contributed by atoms with Crippen LogP contribution in [0.1, 0.15) is 23.0 Å². The van der Waals surface area contributed by atoms with Crippen molar-refractivity contribution in [2.75, 3.05) is 11.9 Å². The smallest absolute Gasteiger partial charge is 0.338 e. The van der Waals surface area contributed by atoms with Gasteiger partial charge in [-0.1, -0.05) is 0 Å². The summed E-state index contributed by atoms with van der Waals surface area (Å²) < 4.78 is 5.97. The number of carbonyl (C=O) groups excluding carboxylic acids is 2. The molecule has 1 heterocycles. The molecule has 1 N–H and O–H groups in total. The van der Waals surface area contributed by atoms with Gasteiger partial charge >= 0.3 is 5.97 Å². The number of nitrogens with one attached hydrogen (secondary N) is 1. The van der Waals surface area contributed by atoms with E-state index in [0.29, 0.717) is 23.6 Å². The lowest BCUT2D eigenvalue weighted by molar-refractivity contribution is -0.117. The van der Waals surface area contributed by atoms with E-state index in [1.807, 2.05) is 0 Å². The molecule has 0 radical (unpaired) electrons. The Kier molecular flexibility index (Phi) is 5.24. The molecule has 0 saturated heterocycles. The minimum atomic E-state index is -0.416. The van der Waals surface area contributed by atoms with Crippen molar-refractivity contribution >= 4 is 17.6 Å². The number of aryl methyl sites for hydroxylation is 1. The average molecular weight is 315 g/mol. The summed E-state index contributed by atoms with van der Waals surface area (Å²) in [4.78, 5) is 35.1. The highest BCUT2D eigenvalue weighted by Gasteiger charge is 2.09. The summed E-state index contributed by atoms with van der Waals surface area (Å²) in [5, 5.41) is 6.64. The molecule has 0 atom stereocenters. The van der Waals surface area contributed by atoms with Crippen LogP contribution in [0, 0.1) is 6.92 Å². The number of ether oxygens (including phenoxy) is 1. The molecule has 0 saturated carbocycles. The average Bonchev–Trinajstić information content (AvgIpc) is 2.52. The molecular formula is C16H17N3O4. The van der Waals surface area contributed by atoms with Crippen molar-refractivity contribution in [3.63, 3.8) is 0 Å². The Morgan fingerprint density at radius 2 is 1.87 bits per heavy atom. The maximum absolute atomic E-state index is 12.0. The number of esters is 1. The van der Waals surface area contributed by atoms with E-state index < -0.39 is 5.97 Å². The van der Waals surface area contributed by atoms with Gasteiger partial charge in [0.1, 0.15) is 6.54 Å². The van der Waals surface area contributed by atoms with Gasteiger partial charge in [-0.25, -0.2) is 9.48 Å². The van der Waals surface area contributed by atoms with Gasteiger partial charge in [0.25, 0.3) is 5.56 Å². The molecule has 2 aromatic rings. The van der Waals surface area contributed by atoms with Crippen molar-refractivity contribution in [2.24, 2.45) is 0 Å². The van der Waals surface area contributed by atoms with Gasteiger partial charge in [-0.15, -0.1) is 0 Å². The predicted molar refractivity (Wildman–Crippen MR) is 84.3 cm³/mol. The molecule has 1 aromatic carbocycles. The van der Waals surface area contributed by atoms with Crippen LogP contribution in [-0.4, -0.2) is 28.3 Å². The van der Waals surface area contributed by atoms with E-state index in [0.717, 1.165) is 4.68 Å². The molecule has 0 aliphatic rings. The second-order valence-corrected chi connectivity index (χ2v) is 4.82. The third-order valence-electron chi connectivity index (χ3n) is 2.97. The van der Waals surface area contributed by atoms with Gasteiger partial charge in [0.15, 0.2) is 0 Å². The number of aromatic nitrogens is 2. The van der Waals surface area contributed by atoms with Gasteiger partial charge in [-0.3, -0.25) is 9.59 Å². The highest BCUT2D eigenvalue weighted by atomic mass is 16.5. The SMILES string of the molecule is CCOC(=O)c1ccc(NC(=O)Cn2nc(C)ccc2=O)cc1. The molecular weight excluding hydrogens is 298 g/mol. The van der Waals surface area contributed by atoms with Gasteiger partial charge < -0.3 is 10.1 Å². The maximum atomic E-state index is 12.0. The van der Waals surface area contributed by atoms with Crippen molar-refractivity contribution in [3.8, 4) is 0 Å². The molecule has 0 unspecified atom stereocenters. The Hall–Kier alpha value is -2.96. The molecule has 23 heavy (non-hydrogen) atoms. The van der Waals surface area contributed by atoms with Crippen LogP contribution in [0.3, 0.4) is 0 Å². The first-order valence-electron chi connectivity index (χ1n) is 7.11. The van der Waals surface area contributed by atoms with E-state index in [9.17, 15) is 14.4 Å². The van der Waals surface area contributed by atoms with Crippen molar-refractivity contribution in [1.29, 1.82) is 0 Å². The molecule has 0 aliphatic carbocycles. The van der Waals surface area contributed by atoms with Gasteiger partial charge in [-0.2, -0.15) is 5.10 Å². The minimum absolute atomic E-state index is 0.180. The Morgan fingerprint density at radius 3 is 2.52 bits per heavy atom. The third kappa shape index (κ3) is 4.50. The van der Waals surface area contributed by atoms with E-state index in [4.69, 9.17) is 4.74 Å². The molecule has 7 heteroatoms. The lowest BCUT2D eigenvalue weighted by Crippen LogP contribution is -2.29. The minimum Gasteiger partial charge on any atom is -0.462 e. The van der Waals surface area contributed by atoms with E-state index in [2.05, 4.69) is 10.4 Å². The van der Waals surface area contributed by atoms with Gasteiger partial charge in [0, 0.05) is 11.8 Å². The van der Waals surface area contributed by atoms with Gasteiger partial charge in [0.2, 0.25) is 5.91 Å². The lowest BCUT2D eigenvalue weighted by atomic mass is 10.2. The van der Waals surface area contributed by atoms with Crippen LogP contribution < -0.4 is 10.9 Å². The predicted octanol–water partition coefficient (Wildman–Crippen LogP) is 1.37. The quantitative estimate of drug-likeness (QED) is 0.842. The Balaban J connectivity index is 2.01. The summed E-state index contributed by atoms with van der Waals surface area (Å²) >= 11 is 0. The molecule has 0 aliphatic heterocycles. The van der Waals surface area contributed by atoms with E-state index in [1.54, 1.807) is 44.2 Å². The third-order valence-corrected chi connectivity index (χ3v) is 2.97. The Labute approximate surface area is 132 Å². The lowest BCUT2D eigenvalue weighted by Gasteiger charge is -2.08. The van der Waals surface area contributed by atoms with Crippen molar-refractivity contribution in [2.45, 2.75) is 20.4 Å². The largest absolute Gasteiger partial charge is 0.462 e. The topological polar surface area (TPSA) is 90.3 Å². The fourth-order valence-electron chi connectivity index (χ4n) is 1.90. The second kappa shape index (κ2) is 7.35. The Morgan fingerprint density at radius 1 is 1.17 bits per heavy atom. The van der Waals surface area contributed by atoms with Crippen LogP contribution in [0.5, 0.6) is 0 Å². The zero-order valence-corrected chi connectivity index (χ0v) is 12.9. The summed E-state index contributed by atoms with van der Waals surface area (Å²) in [6, 6.07) is 9.26. The van der Waals surface area contributed by atoms with Crippen LogP contribution in [-0.2, 0) is 16.1 Å². The number of benzene rings is 1. The first kappa shape index (κ1) is 16.4. The monoisotopic (exact) mass is 315 g/mol. The fraction of sp³-hybridized carbons (Fsp3) is 0.250. The molecule has 7 nitrogen and oxygen atoms in total.